The highest BCUT2D eigenvalue weighted by Crippen LogP contribution is 2.29. The monoisotopic (exact) mass is 279 g/mol. The Balaban J connectivity index is 1.99. The van der Waals surface area contributed by atoms with E-state index in [0.29, 0.717) is 18.9 Å². The van der Waals surface area contributed by atoms with E-state index in [4.69, 9.17) is 11.6 Å². The number of anilines is 1. The van der Waals surface area contributed by atoms with E-state index in [9.17, 15) is 10.1 Å². The third kappa shape index (κ3) is 2.12. The second-order valence-corrected chi connectivity index (χ2v) is 4.58. The zero-order valence-corrected chi connectivity index (χ0v) is 10.6. The highest BCUT2D eigenvalue weighted by atomic mass is 35.5. The fourth-order valence-electron chi connectivity index (χ4n) is 2.15. The van der Waals surface area contributed by atoms with E-state index in [1.165, 1.54) is 12.1 Å². The number of fused-ring (bicyclic) bond motifs is 1. The van der Waals surface area contributed by atoms with Gasteiger partial charge in [-0.05, 0) is 6.07 Å². The quantitative estimate of drug-likeness (QED) is 0.476. The summed E-state index contributed by atoms with van der Waals surface area (Å²) in [5, 5.41) is 11.3. The van der Waals surface area contributed by atoms with Gasteiger partial charge in [-0.3, -0.25) is 10.1 Å². The van der Waals surface area contributed by atoms with Gasteiger partial charge in [-0.1, -0.05) is 11.6 Å². The molecule has 0 N–H and O–H groups in total. The average molecular weight is 280 g/mol. The van der Waals surface area contributed by atoms with Gasteiger partial charge in [-0.15, -0.1) is 0 Å². The molecule has 0 spiro atoms. The zero-order chi connectivity index (χ0) is 13.4. The van der Waals surface area contributed by atoms with Gasteiger partial charge in [-0.2, -0.15) is 0 Å². The molecule has 0 saturated heterocycles. The van der Waals surface area contributed by atoms with Gasteiger partial charge in [0.1, 0.15) is 11.0 Å². The topological polar surface area (TPSA) is 77.1 Å². The van der Waals surface area contributed by atoms with Crippen molar-refractivity contribution in [2.75, 3.05) is 11.4 Å². The van der Waals surface area contributed by atoms with Crippen molar-refractivity contribution in [1.29, 1.82) is 0 Å². The molecule has 7 nitrogen and oxygen atoms in total. The minimum atomic E-state index is -0.445. The van der Waals surface area contributed by atoms with E-state index in [1.807, 2.05) is 15.7 Å². The molecule has 0 atom stereocenters. The third-order valence-corrected chi connectivity index (χ3v) is 3.27. The van der Waals surface area contributed by atoms with Gasteiger partial charge in [0.15, 0.2) is 0 Å². The fraction of sp³-hybridized carbons (Fsp3) is 0.273. The number of pyridine rings is 1. The van der Waals surface area contributed by atoms with Crippen LogP contribution in [-0.2, 0) is 13.1 Å². The number of hydrogen-bond acceptors (Lipinski definition) is 5. The number of halogens is 1. The maximum absolute atomic E-state index is 11.0. The van der Waals surface area contributed by atoms with Gasteiger partial charge in [0.25, 0.3) is 0 Å². The van der Waals surface area contributed by atoms with E-state index in [1.54, 1.807) is 6.20 Å². The first-order chi connectivity index (χ1) is 9.15. The maximum Gasteiger partial charge on any atom is 0.311 e. The molecular weight excluding hydrogens is 270 g/mol. The van der Waals surface area contributed by atoms with Crippen molar-refractivity contribution in [2.45, 2.75) is 13.1 Å². The lowest BCUT2D eigenvalue weighted by atomic mass is 10.3. The number of hydrogen-bond donors (Lipinski definition) is 0. The highest BCUT2D eigenvalue weighted by molar-refractivity contribution is 6.29. The van der Waals surface area contributed by atoms with Crippen LogP contribution in [0.4, 0.5) is 11.5 Å². The Bertz CT molecular complexity index is 642. The minimum absolute atomic E-state index is 0.0376. The van der Waals surface area contributed by atoms with Gasteiger partial charge in [0.05, 0.1) is 11.5 Å². The Labute approximate surface area is 113 Å². The van der Waals surface area contributed by atoms with Gasteiger partial charge in [0.2, 0.25) is 5.82 Å². The predicted molar refractivity (Wildman–Crippen MR) is 69.2 cm³/mol. The summed E-state index contributed by atoms with van der Waals surface area (Å²) < 4.78 is 2.02. The van der Waals surface area contributed by atoms with Crippen molar-refractivity contribution in [3.63, 3.8) is 0 Å². The Hall–Kier alpha value is -2.15. The van der Waals surface area contributed by atoms with Crippen molar-refractivity contribution < 1.29 is 4.92 Å². The molecule has 0 aromatic carbocycles. The van der Waals surface area contributed by atoms with Crippen molar-refractivity contribution in [2.24, 2.45) is 0 Å². The van der Waals surface area contributed by atoms with Crippen LogP contribution >= 0.6 is 11.6 Å². The molecule has 0 unspecified atom stereocenters. The summed E-state index contributed by atoms with van der Waals surface area (Å²) in [6.45, 7) is 1.85. The largest absolute Gasteiger partial charge is 0.342 e. The SMILES string of the molecule is O=[N+]([O-])c1ccc(Cl)nc1N1CCn2ccnc2C1. The molecule has 8 heteroatoms. The van der Waals surface area contributed by atoms with Crippen molar-refractivity contribution in [3.05, 3.63) is 45.6 Å². The van der Waals surface area contributed by atoms with E-state index in [2.05, 4.69) is 9.97 Å². The van der Waals surface area contributed by atoms with Crippen molar-refractivity contribution in [1.82, 2.24) is 14.5 Å². The second-order valence-electron chi connectivity index (χ2n) is 4.19. The molecule has 0 bridgehead atoms. The van der Waals surface area contributed by atoms with Crippen molar-refractivity contribution >= 4 is 23.1 Å². The third-order valence-electron chi connectivity index (χ3n) is 3.06. The lowest BCUT2D eigenvalue weighted by molar-refractivity contribution is -0.384. The van der Waals surface area contributed by atoms with Crippen LogP contribution in [-0.4, -0.2) is 26.0 Å². The summed E-state index contributed by atoms with van der Waals surface area (Å²) in [6, 6.07) is 2.81. The van der Waals surface area contributed by atoms with Gasteiger partial charge in [-0.25, -0.2) is 9.97 Å². The summed E-state index contributed by atoms with van der Waals surface area (Å²) in [5.74, 6) is 1.16. The number of rotatable bonds is 2. The molecule has 0 radical (unpaired) electrons. The average Bonchev–Trinajstić information content (AvgIpc) is 2.85. The molecular formula is C11H10ClN5O2. The number of imidazole rings is 1. The maximum atomic E-state index is 11.0. The van der Waals surface area contributed by atoms with Crippen LogP contribution in [0.1, 0.15) is 5.82 Å². The smallest absolute Gasteiger partial charge is 0.311 e. The van der Waals surface area contributed by atoms with E-state index >= 15 is 0 Å². The molecule has 3 heterocycles. The van der Waals surface area contributed by atoms with E-state index in [0.717, 1.165) is 12.4 Å². The van der Waals surface area contributed by atoms with Crippen LogP contribution in [0, 0.1) is 10.1 Å². The molecule has 2 aromatic heterocycles. The summed E-state index contributed by atoms with van der Waals surface area (Å²) in [6.07, 6.45) is 3.62. The first-order valence-corrected chi connectivity index (χ1v) is 6.09. The van der Waals surface area contributed by atoms with Crippen LogP contribution in [0.3, 0.4) is 0 Å². The van der Waals surface area contributed by atoms with E-state index < -0.39 is 4.92 Å². The Morgan fingerprint density at radius 1 is 1.37 bits per heavy atom. The van der Waals surface area contributed by atoms with Gasteiger partial charge in [0, 0.05) is 31.5 Å². The Kier molecular flexibility index (Phi) is 2.83. The second kappa shape index (κ2) is 4.51. The number of nitrogens with zero attached hydrogens (tertiary/aromatic N) is 5. The first kappa shape index (κ1) is 11.9. The highest BCUT2D eigenvalue weighted by Gasteiger charge is 2.25. The van der Waals surface area contributed by atoms with E-state index in [-0.39, 0.29) is 10.8 Å². The molecule has 0 saturated carbocycles. The molecule has 19 heavy (non-hydrogen) atoms. The first-order valence-electron chi connectivity index (χ1n) is 5.71. The van der Waals surface area contributed by atoms with Crippen LogP contribution < -0.4 is 4.90 Å². The Morgan fingerprint density at radius 3 is 3.00 bits per heavy atom. The summed E-state index contributed by atoms with van der Waals surface area (Å²) in [4.78, 5) is 20.7. The lowest BCUT2D eigenvalue weighted by Gasteiger charge is -2.28. The van der Waals surface area contributed by atoms with Gasteiger partial charge < -0.3 is 9.47 Å². The summed E-state index contributed by atoms with van der Waals surface area (Å²) in [5.41, 5.74) is -0.0376. The molecule has 0 aliphatic carbocycles. The summed E-state index contributed by atoms with van der Waals surface area (Å²) >= 11 is 5.84. The van der Waals surface area contributed by atoms with Gasteiger partial charge >= 0.3 is 5.69 Å². The molecule has 98 valence electrons. The van der Waals surface area contributed by atoms with Crippen LogP contribution in [0.25, 0.3) is 0 Å². The lowest BCUT2D eigenvalue weighted by Crippen LogP contribution is -2.34. The predicted octanol–water partition coefficient (Wildman–Crippen LogP) is 1.86. The molecule has 0 fully saturated rings. The standard InChI is InChI=1S/C11H10ClN5O2/c12-9-2-1-8(17(18)19)11(14-9)16-6-5-15-4-3-13-10(15)7-16/h1-4H,5-7H2. The van der Waals surface area contributed by atoms with Crippen molar-refractivity contribution in [3.8, 4) is 0 Å². The summed E-state index contributed by atoms with van der Waals surface area (Å²) in [7, 11) is 0. The van der Waals surface area contributed by atoms with Crippen LogP contribution in [0.15, 0.2) is 24.5 Å². The number of nitro groups is 1. The molecule has 0 amide bonds. The fourth-order valence-corrected chi connectivity index (χ4v) is 2.29. The van der Waals surface area contributed by atoms with Crippen LogP contribution in [0.2, 0.25) is 5.15 Å². The normalized spacial score (nSPS) is 14.3. The minimum Gasteiger partial charge on any atom is -0.342 e. The molecule has 2 aromatic rings. The molecule has 1 aliphatic rings. The Morgan fingerprint density at radius 2 is 2.21 bits per heavy atom. The molecule has 1 aliphatic heterocycles. The van der Waals surface area contributed by atoms with Crippen LogP contribution in [0.5, 0.6) is 0 Å². The molecule has 3 rings (SSSR count). The zero-order valence-electron chi connectivity index (χ0n) is 9.86. The number of aromatic nitrogens is 3.